The van der Waals surface area contributed by atoms with Gasteiger partial charge < -0.3 is 9.47 Å². The van der Waals surface area contributed by atoms with E-state index in [4.69, 9.17) is 9.47 Å². The fourth-order valence-electron chi connectivity index (χ4n) is 2.13. The number of rotatable bonds is 11. The number of hydrogen-bond acceptors (Lipinski definition) is 5. The number of nitrogens with one attached hydrogen (secondary N) is 2. The Morgan fingerprint density at radius 2 is 1.65 bits per heavy atom. The van der Waals surface area contributed by atoms with Gasteiger partial charge in [-0.2, -0.15) is 0 Å². The Kier molecular flexibility index (Phi) is 10.5. The van der Waals surface area contributed by atoms with Gasteiger partial charge in [-0.1, -0.05) is 26.2 Å². The molecule has 2 N–H and O–H groups in total. The normalized spacial score (nSPS) is 10.1. The molecule has 2 amide bonds. The van der Waals surface area contributed by atoms with Gasteiger partial charge in [0.05, 0.1) is 19.6 Å². The summed E-state index contributed by atoms with van der Waals surface area (Å²) in [6.45, 7) is 4.78. The number of esters is 1. The lowest BCUT2D eigenvalue weighted by Crippen LogP contribution is -2.41. The summed E-state index contributed by atoms with van der Waals surface area (Å²) in [5.41, 5.74) is 4.98. The second kappa shape index (κ2) is 12.7. The van der Waals surface area contributed by atoms with Gasteiger partial charge in [-0.3, -0.25) is 25.2 Å². The molecule has 7 nitrogen and oxygen atoms in total. The van der Waals surface area contributed by atoms with Gasteiger partial charge in [-0.25, -0.2) is 0 Å². The maximum Gasteiger partial charge on any atom is 0.306 e. The average molecular weight is 364 g/mol. The van der Waals surface area contributed by atoms with Crippen LogP contribution in [0.3, 0.4) is 0 Å². The molecule has 0 heterocycles. The summed E-state index contributed by atoms with van der Waals surface area (Å²) in [6, 6.07) is 6.69. The third kappa shape index (κ3) is 9.05. The molecule has 7 heteroatoms. The fourth-order valence-corrected chi connectivity index (χ4v) is 2.13. The van der Waals surface area contributed by atoms with Gasteiger partial charge in [-0.15, -0.1) is 0 Å². The quantitative estimate of drug-likeness (QED) is 0.358. The van der Waals surface area contributed by atoms with E-state index in [2.05, 4.69) is 17.8 Å². The van der Waals surface area contributed by atoms with Crippen molar-refractivity contribution in [3.8, 4) is 5.75 Å². The van der Waals surface area contributed by atoms with E-state index >= 15 is 0 Å². The first kappa shape index (κ1) is 21.5. The van der Waals surface area contributed by atoms with Gasteiger partial charge in [0.1, 0.15) is 5.75 Å². The molecule has 0 saturated carbocycles. The molecule has 26 heavy (non-hydrogen) atoms. The summed E-state index contributed by atoms with van der Waals surface area (Å²) >= 11 is 0. The molecule has 0 fully saturated rings. The van der Waals surface area contributed by atoms with Crippen LogP contribution in [-0.2, 0) is 14.3 Å². The molecule has 0 spiro atoms. The van der Waals surface area contributed by atoms with Gasteiger partial charge >= 0.3 is 5.97 Å². The number of hydrogen-bond donors (Lipinski definition) is 2. The Labute approximate surface area is 154 Å². The zero-order chi connectivity index (χ0) is 19.2. The average Bonchev–Trinajstić information content (AvgIpc) is 2.65. The van der Waals surface area contributed by atoms with Crippen LogP contribution in [0.15, 0.2) is 24.3 Å². The van der Waals surface area contributed by atoms with Crippen molar-refractivity contribution in [2.24, 2.45) is 0 Å². The van der Waals surface area contributed by atoms with E-state index in [1.54, 1.807) is 31.2 Å². The van der Waals surface area contributed by atoms with E-state index in [0.29, 0.717) is 17.9 Å². The van der Waals surface area contributed by atoms with Crippen molar-refractivity contribution < 1.29 is 23.9 Å². The molecular weight excluding hydrogens is 336 g/mol. The molecule has 144 valence electrons. The van der Waals surface area contributed by atoms with Crippen LogP contribution < -0.4 is 15.6 Å². The third-order valence-electron chi connectivity index (χ3n) is 3.56. The highest BCUT2D eigenvalue weighted by Gasteiger charge is 2.10. The SMILES string of the molecule is CCCCCCOc1ccc(C(=O)NNC(=O)CCC(=O)OCC)cc1. The summed E-state index contributed by atoms with van der Waals surface area (Å²) in [5, 5.41) is 0. The first-order valence-corrected chi connectivity index (χ1v) is 9.04. The van der Waals surface area contributed by atoms with E-state index < -0.39 is 17.8 Å². The topological polar surface area (TPSA) is 93.7 Å². The minimum absolute atomic E-state index is 0.0279. The van der Waals surface area contributed by atoms with Gasteiger partial charge in [0.15, 0.2) is 0 Å². The van der Waals surface area contributed by atoms with Crippen molar-refractivity contribution in [1.82, 2.24) is 10.9 Å². The maximum absolute atomic E-state index is 12.0. The van der Waals surface area contributed by atoms with Crippen molar-refractivity contribution in [1.29, 1.82) is 0 Å². The van der Waals surface area contributed by atoms with Gasteiger partial charge in [0.25, 0.3) is 5.91 Å². The lowest BCUT2D eigenvalue weighted by atomic mass is 10.2. The smallest absolute Gasteiger partial charge is 0.306 e. The van der Waals surface area contributed by atoms with Crippen LogP contribution in [0, 0.1) is 0 Å². The van der Waals surface area contributed by atoms with E-state index in [0.717, 1.165) is 12.8 Å². The van der Waals surface area contributed by atoms with Crippen molar-refractivity contribution >= 4 is 17.8 Å². The van der Waals surface area contributed by atoms with E-state index in [1.807, 2.05) is 0 Å². The first-order valence-electron chi connectivity index (χ1n) is 9.04. The highest BCUT2D eigenvalue weighted by atomic mass is 16.5. The lowest BCUT2D eigenvalue weighted by Gasteiger charge is -2.09. The lowest BCUT2D eigenvalue weighted by molar-refractivity contribution is -0.144. The number of unbranched alkanes of at least 4 members (excludes halogenated alkanes) is 3. The highest BCUT2D eigenvalue weighted by molar-refractivity contribution is 5.95. The monoisotopic (exact) mass is 364 g/mol. The van der Waals surface area contributed by atoms with Crippen LogP contribution in [0.25, 0.3) is 0 Å². The van der Waals surface area contributed by atoms with Gasteiger partial charge in [0.2, 0.25) is 5.91 Å². The highest BCUT2D eigenvalue weighted by Crippen LogP contribution is 2.13. The van der Waals surface area contributed by atoms with Crippen molar-refractivity contribution in [2.45, 2.75) is 52.4 Å². The number of carbonyl (C=O) groups is 3. The van der Waals surface area contributed by atoms with Crippen molar-refractivity contribution in [3.63, 3.8) is 0 Å². The molecule has 0 aromatic heterocycles. The van der Waals surface area contributed by atoms with Crippen LogP contribution in [-0.4, -0.2) is 31.0 Å². The number of hydrazine groups is 1. The molecule has 0 aliphatic rings. The second-order valence-corrected chi connectivity index (χ2v) is 5.74. The first-order chi connectivity index (χ1) is 12.6. The largest absolute Gasteiger partial charge is 0.494 e. The van der Waals surface area contributed by atoms with Crippen LogP contribution in [0.2, 0.25) is 0 Å². The van der Waals surface area contributed by atoms with Crippen LogP contribution in [0.5, 0.6) is 5.75 Å². The zero-order valence-corrected chi connectivity index (χ0v) is 15.5. The number of carbonyl (C=O) groups excluding carboxylic acids is 3. The van der Waals surface area contributed by atoms with Gasteiger partial charge in [-0.05, 0) is 37.6 Å². The van der Waals surface area contributed by atoms with Gasteiger partial charge in [0, 0.05) is 12.0 Å². The molecule has 0 radical (unpaired) electrons. The summed E-state index contributed by atoms with van der Waals surface area (Å²) < 4.78 is 10.3. The minimum atomic E-state index is -0.460. The van der Waals surface area contributed by atoms with Crippen LogP contribution >= 0.6 is 0 Å². The molecule has 0 unspecified atom stereocenters. The fraction of sp³-hybridized carbons (Fsp3) is 0.526. The Morgan fingerprint density at radius 1 is 0.923 bits per heavy atom. The summed E-state index contributed by atoms with van der Waals surface area (Å²) in [7, 11) is 0. The Bertz CT molecular complexity index is 572. The van der Waals surface area contributed by atoms with Crippen molar-refractivity contribution in [2.75, 3.05) is 13.2 Å². The van der Waals surface area contributed by atoms with Crippen molar-refractivity contribution in [3.05, 3.63) is 29.8 Å². The van der Waals surface area contributed by atoms with Crippen LogP contribution in [0.1, 0.15) is 62.7 Å². The number of ether oxygens (including phenoxy) is 2. The molecule has 0 saturated heterocycles. The molecule has 1 aromatic rings. The van der Waals surface area contributed by atoms with E-state index in [1.165, 1.54) is 12.8 Å². The molecule has 0 atom stereocenters. The standard InChI is InChI=1S/C19H28N2O5/c1-3-5-6-7-14-26-16-10-8-15(9-11-16)19(24)21-20-17(22)12-13-18(23)25-4-2/h8-11H,3-7,12-14H2,1-2H3,(H,20,22)(H,21,24). The molecule has 1 aromatic carbocycles. The Hall–Kier alpha value is -2.57. The molecule has 0 aliphatic carbocycles. The zero-order valence-electron chi connectivity index (χ0n) is 15.5. The predicted molar refractivity (Wildman–Crippen MR) is 97.6 cm³/mol. The molecule has 0 aliphatic heterocycles. The Morgan fingerprint density at radius 3 is 2.31 bits per heavy atom. The molecular formula is C19H28N2O5. The Balaban J connectivity index is 2.29. The third-order valence-corrected chi connectivity index (χ3v) is 3.56. The summed E-state index contributed by atoms with van der Waals surface area (Å²) in [6.07, 6.45) is 4.46. The number of amides is 2. The maximum atomic E-state index is 12.0. The van der Waals surface area contributed by atoms with E-state index in [-0.39, 0.29) is 19.4 Å². The number of benzene rings is 1. The molecule has 0 bridgehead atoms. The summed E-state index contributed by atoms with van der Waals surface area (Å²) in [4.78, 5) is 34.7. The summed E-state index contributed by atoms with van der Waals surface area (Å²) in [5.74, 6) is -0.641. The minimum Gasteiger partial charge on any atom is -0.494 e. The molecule has 1 rings (SSSR count). The van der Waals surface area contributed by atoms with E-state index in [9.17, 15) is 14.4 Å². The van der Waals surface area contributed by atoms with Crippen LogP contribution in [0.4, 0.5) is 0 Å². The predicted octanol–water partition coefficient (Wildman–Crippen LogP) is 2.75. The second-order valence-electron chi connectivity index (χ2n) is 5.74.